The van der Waals surface area contributed by atoms with E-state index in [0.717, 1.165) is 37.8 Å². The van der Waals surface area contributed by atoms with Gasteiger partial charge in [-0.2, -0.15) is 0 Å². The second-order valence-corrected chi connectivity index (χ2v) is 7.48. The fourth-order valence-electron chi connectivity index (χ4n) is 2.93. The number of hydrogen-bond donors (Lipinski definition) is 2. The number of imidazole rings is 1. The minimum absolute atomic E-state index is 0.466. The highest BCUT2D eigenvalue weighted by Gasteiger charge is 2.08. The average molecular weight is 382 g/mol. The number of hydrogen-bond acceptors (Lipinski definition) is 3. The SMILES string of the molecule is CN=C(NCCc1nccn1Cc1ccccc1)NCC(C)c1cccs1. The first-order valence-electron chi connectivity index (χ1n) is 9.28. The smallest absolute Gasteiger partial charge is 0.191 e. The maximum atomic E-state index is 4.51. The molecule has 0 saturated heterocycles. The van der Waals surface area contributed by atoms with Crippen LogP contribution in [0.1, 0.15) is 29.1 Å². The molecular formula is C21H27N5S. The van der Waals surface area contributed by atoms with Gasteiger partial charge in [0.1, 0.15) is 5.82 Å². The fraction of sp³-hybridized carbons (Fsp3) is 0.333. The molecule has 6 heteroatoms. The van der Waals surface area contributed by atoms with Crippen molar-refractivity contribution < 1.29 is 0 Å². The van der Waals surface area contributed by atoms with E-state index in [1.807, 2.05) is 25.5 Å². The summed E-state index contributed by atoms with van der Waals surface area (Å²) in [7, 11) is 1.81. The normalized spacial score (nSPS) is 12.7. The molecule has 0 amide bonds. The summed E-state index contributed by atoms with van der Waals surface area (Å²) in [4.78, 5) is 10.2. The standard InChI is InChI=1S/C21H27N5S/c1-17(19-9-6-14-27-19)15-25-21(22-2)24-11-10-20-23-12-13-26(20)16-18-7-4-3-5-8-18/h3-9,12-14,17H,10-11,15-16H2,1-2H3,(H2,22,24,25). The summed E-state index contributed by atoms with van der Waals surface area (Å²) >= 11 is 1.80. The van der Waals surface area contributed by atoms with Gasteiger partial charge in [-0.25, -0.2) is 4.98 Å². The second kappa shape index (κ2) is 9.92. The van der Waals surface area contributed by atoms with E-state index in [9.17, 15) is 0 Å². The quantitative estimate of drug-likeness (QED) is 0.464. The van der Waals surface area contributed by atoms with Crippen LogP contribution in [0.25, 0.3) is 0 Å². The van der Waals surface area contributed by atoms with Crippen LogP contribution in [0.2, 0.25) is 0 Å². The predicted octanol–water partition coefficient (Wildman–Crippen LogP) is 3.50. The van der Waals surface area contributed by atoms with E-state index >= 15 is 0 Å². The number of nitrogens with one attached hydrogen (secondary N) is 2. The third-order valence-corrected chi connectivity index (χ3v) is 5.57. The molecule has 2 aromatic heterocycles. The lowest BCUT2D eigenvalue weighted by Crippen LogP contribution is -2.40. The number of aromatic nitrogens is 2. The summed E-state index contributed by atoms with van der Waals surface area (Å²) in [6, 6.07) is 14.7. The molecular weight excluding hydrogens is 354 g/mol. The minimum Gasteiger partial charge on any atom is -0.356 e. The van der Waals surface area contributed by atoms with Gasteiger partial charge in [0.2, 0.25) is 0 Å². The molecule has 5 nitrogen and oxygen atoms in total. The Balaban J connectivity index is 1.45. The molecule has 27 heavy (non-hydrogen) atoms. The zero-order valence-corrected chi connectivity index (χ0v) is 16.7. The van der Waals surface area contributed by atoms with Gasteiger partial charge in [0, 0.05) is 56.3 Å². The van der Waals surface area contributed by atoms with Crippen molar-refractivity contribution in [3.05, 3.63) is 76.5 Å². The summed E-state index contributed by atoms with van der Waals surface area (Å²) in [5, 5.41) is 8.92. The highest BCUT2D eigenvalue weighted by molar-refractivity contribution is 7.10. The second-order valence-electron chi connectivity index (χ2n) is 6.50. The predicted molar refractivity (Wildman–Crippen MR) is 114 cm³/mol. The van der Waals surface area contributed by atoms with Crippen LogP contribution < -0.4 is 10.6 Å². The number of benzene rings is 1. The van der Waals surface area contributed by atoms with Crippen molar-refractivity contribution in [2.24, 2.45) is 4.99 Å². The first kappa shape index (κ1) is 19.2. The van der Waals surface area contributed by atoms with Crippen molar-refractivity contribution in [3.8, 4) is 0 Å². The van der Waals surface area contributed by atoms with Gasteiger partial charge in [-0.1, -0.05) is 43.3 Å². The van der Waals surface area contributed by atoms with Gasteiger partial charge in [0.15, 0.2) is 5.96 Å². The summed E-state index contributed by atoms with van der Waals surface area (Å²) in [6.07, 6.45) is 4.76. The molecule has 0 aliphatic carbocycles. The van der Waals surface area contributed by atoms with Crippen molar-refractivity contribution in [2.75, 3.05) is 20.1 Å². The van der Waals surface area contributed by atoms with Gasteiger partial charge in [-0.05, 0) is 17.0 Å². The van der Waals surface area contributed by atoms with Gasteiger partial charge in [0.05, 0.1) is 0 Å². The topological polar surface area (TPSA) is 54.2 Å². The molecule has 0 radical (unpaired) electrons. The molecule has 2 N–H and O–H groups in total. The number of rotatable bonds is 8. The summed E-state index contributed by atoms with van der Waals surface area (Å²) in [5.74, 6) is 2.38. The third-order valence-electron chi connectivity index (χ3n) is 4.47. The average Bonchev–Trinajstić information content (AvgIpc) is 3.37. The molecule has 0 spiro atoms. The Morgan fingerprint density at radius 1 is 1.19 bits per heavy atom. The Morgan fingerprint density at radius 2 is 2.04 bits per heavy atom. The van der Waals surface area contributed by atoms with Crippen LogP contribution in [-0.2, 0) is 13.0 Å². The summed E-state index contributed by atoms with van der Waals surface area (Å²) in [6.45, 7) is 4.73. The molecule has 0 aliphatic rings. The number of guanidine groups is 1. The van der Waals surface area contributed by atoms with Crippen molar-refractivity contribution >= 4 is 17.3 Å². The van der Waals surface area contributed by atoms with Crippen molar-refractivity contribution in [2.45, 2.75) is 25.8 Å². The van der Waals surface area contributed by atoms with E-state index in [4.69, 9.17) is 0 Å². The lowest BCUT2D eigenvalue weighted by Gasteiger charge is -2.15. The van der Waals surface area contributed by atoms with Crippen LogP contribution in [0.3, 0.4) is 0 Å². The Labute approximate surface area is 165 Å². The zero-order valence-electron chi connectivity index (χ0n) is 15.9. The van der Waals surface area contributed by atoms with Crippen LogP contribution in [-0.4, -0.2) is 35.6 Å². The van der Waals surface area contributed by atoms with Gasteiger partial charge in [-0.15, -0.1) is 11.3 Å². The lowest BCUT2D eigenvalue weighted by molar-refractivity contribution is 0.681. The van der Waals surface area contributed by atoms with E-state index in [1.54, 1.807) is 11.3 Å². The Kier molecular flexibility index (Phi) is 7.04. The molecule has 142 valence electrons. The van der Waals surface area contributed by atoms with Gasteiger partial charge < -0.3 is 15.2 Å². The van der Waals surface area contributed by atoms with Crippen LogP contribution >= 0.6 is 11.3 Å². The molecule has 2 heterocycles. The molecule has 0 aliphatic heterocycles. The third kappa shape index (κ3) is 5.69. The molecule has 1 aromatic carbocycles. The maximum absolute atomic E-state index is 4.51. The van der Waals surface area contributed by atoms with Crippen molar-refractivity contribution in [1.82, 2.24) is 20.2 Å². The fourth-order valence-corrected chi connectivity index (χ4v) is 3.71. The molecule has 0 saturated carbocycles. The Hall–Kier alpha value is -2.60. The monoisotopic (exact) mass is 381 g/mol. The first-order valence-corrected chi connectivity index (χ1v) is 10.2. The number of nitrogens with zero attached hydrogens (tertiary/aromatic N) is 3. The molecule has 1 unspecified atom stereocenters. The van der Waals surface area contributed by atoms with E-state index in [0.29, 0.717) is 5.92 Å². The summed E-state index contributed by atoms with van der Waals surface area (Å²) < 4.78 is 2.20. The molecule has 1 atom stereocenters. The maximum Gasteiger partial charge on any atom is 0.191 e. The van der Waals surface area contributed by atoms with Crippen molar-refractivity contribution in [3.63, 3.8) is 0 Å². The van der Waals surface area contributed by atoms with Crippen LogP contribution in [0.15, 0.2) is 65.2 Å². The van der Waals surface area contributed by atoms with E-state index in [2.05, 4.69) is 73.9 Å². The van der Waals surface area contributed by atoms with E-state index in [-0.39, 0.29) is 0 Å². The highest BCUT2D eigenvalue weighted by atomic mass is 32.1. The first-order chi connectivity index (χ1) is 13.3. The molecule has 3 aromatic rings. The molecule has 3 rings (SSSR count). The van der Waals surface area contributed by atoms with E-state index < -0.39 is 0 Å². The summed E-state index contributed by atoms with van der Waals surface area (Å²) in [5.41, 5.74) is 1.28. The van der Waals surface area contributed by atoms with Gasteiger partial charge in [0.25, 0.3) is 0 Å². The molecule has 0 fully saturated rings. The van der Waals surface area contributed by atoms with Crippen LogP contribution in [0, 0.1) is 0 Å². The van der Waals surface area contributed by atoms with Crippen LogP contribution in [0.5, 0.6) is 0 Å². The van der Waals surface area contributed by atoms with Crippen LogP contribution in [0.4, 0.5) is 0 Å². The number of aliphatic imine (C=N–C) groups is 1. The highest BCUT2D eigenvalue weighted by Crippen LogP contribution is 2.19. The van der Waals surface area contributed by atoms with Crippen molar-refractivity contribution in [1.29, 1.82) is 0 Å². The molecule has 0 bridgehead atoms. The lowest BCUT2D eigenvalue weighted by atomic mass is 10.1. The van der Waals surface area contributed by atoms with Gasteiger partial charge >= 0.3 is 0 Å². The zero-order chi connectivity index (χ0) is 18.9. The Morgan fingerprint density at radius 3 is 2.78 bits per heavy atom. The number of thiophene rings is 1. The Bertz CT molecular complexity index is 823. The van der Waals surface area contributed by atoms with Gasteiger partial charge in [-0.3, -0.25) is 4.99 Å². The van der Waals surface area contributed by atoms with E-state index in [1.165, 1.54) is 10.4 Å². The minimum atomic E-state index is 0.466. The largest absolute Gasteiger partial charge is 0.356 e.